The first-order chi connectivity index (χ1) is 14.3. The van der Waals surface area contributed by atoms with Crippen LogP contribution in [-0.2, 0) is 4.74 Å². The second kappa shape index (κ2) is 8.11. The van der Waals surface area contributed by atoms with Crippen LogP contribution in [0.2, 0.25) is 0 Å². The molecule has 4 rings (SSSR count). The highest BCUT2D eigenvalue weighted by Crippen LogP contribution is 2.33. The van der Waals surface area contributed by atoms with Crippen molar-refractivity contribution in [1.29, 1.82) is 0 Å². The Morgan fingerprint density at radius 3 is 2.30 bits per heavy atom. The van der Waals surface area contributed by atoms with Crippen molar-refractivity contribution in [2.45, 2.75) is 26.4 Å². The number of fused-ring (bicyclic) bond motifs is 1. The van der Waals surface area contributed by atoms with Gasteiger partial charge in [0.05, 0.1) is 6.20 Å². The van der Waals surface area contributed by atoms with Gasteiger partial charge in [0.15, 0.2) is 5.01 Å². The Balaban J connectivity index is 1.34. The molecule has 3 heterocycles. The summed E-state index contributed by atoms with van der Waals surface area (Å²) >= 11 is 1.33. The molecule has 2 amide bonds. The first-order valence-corrected chi connectivity index (χ1v) is 10.9. The number of amides is 2. The molecular weight excluding hydrogens is 398 g/mol. The summed E-state index contributed by atoms with van der Waals surface area (Å²) in [6.07, 6.45) is 1.35. The molecule has 2 aliphatic heterocycles. The van der Waals surface area contributed by atoms with E-state index in [1.807, 2.05) is 56.0 Å². The Kier molecular flexibility index (Phi) is 5.52. The van der Waals surface area contributed by atoms with Crippen molar-refractivity contribution in [1.82, 2.24) is 14.8 Å². The molecule has 2 aromatic rings. The molecule has 0 saturated carbocycles. The second-order valence-corrected chi connectivity index (χ2v) is 9.79. The molecule has 156 valence electrons. The molecule has 1 aromatic carbocycles. The first kappa shape index (κ1) is 20.4. The van der Waals surface area contributed by atoms with Crippen LogP contribution in [0, 0.1) is 23.7 Å². The van der Waals surface area contributed by atoms with Gasteiger partial charge in [0.25, 0.3) is 5.91 Å². The molecular formula is C23H25N3O3S. The van der Waals surface area contributed by atoms with Crippen LogP contribution >= 0.6 is 11.3 Å². The average molecular weight is 424 g/mol. The molecule has 1 aromatic heterocycles. The minimum Gasteiger partial charge on any atom is -0.444 e. The number of carbonyl (C=O) groups excluding carboxylic acids is 2. The smallest absolute Gasteiger partial charge is 0.410 e. The highest BCUT2D eigenvalue weighted by atomic mass is 32.1. The third-order valence-corrected chi connectivity index (χ3v) is 6.13. The van der Waals surface area contributed by atoms with E-state index in [2.05, 4.69) is 16.8 Å². The standard InChI is InChI=1S/C23H25N3O3S/c1-23(2,3)29-22(28)26-14-17-12-25(13-18(17)15-26)21(27)19-11-24-20(30-19)10-9-16-7-5-4-6-8-16/h4-8,11,17-18H,12-15H2,1-3H3. The molecule has 0 radical (unpaired) electrons. The van der Waals surface area contributed by atoms with Gasteiger partial charge in [0.2, 0.25) is 0 Å². The van der Waals surface area contributed by atoms with Gasteiger partial charge < -0.3 is 14.5 Å². The van der Waals surface area contributed by atoms with Crippen molar-refractivity contribution in [2.24, 2.45) is 11.8 Å². The Hall–Kier alpha value is -2.85. The van der Waals surface area contributed by atoms with Crippen molar-refractivity contribution in [3.8, 4) is 11.8 Å². The van der Waals surface area contributed by atoms with Crippen LogP contribution in [0.1, 0.15) is 41.0 Å². The van der Waals surface area contributed by atoms with Crippen LogP contribution in [0.15, 0.2) is 36.5 Å². The number of aromatic nitrogens is 1. The predicted octanol–water partition coefficient (Wildman–Crippen LogP) is 3.48. The van der Waals surface area contributed by atoms with Crippen LogP contribution in [0.4, 0.5) is 4.79 Å². The van der Waals surface area contributed by atoms with Gasteiger partial charge in [0, 0.05) is 43.6 Å². The number of rotatable bonds is 1. The normalized spacial score (nSPS) is 20.5. The Morgan fingerprint density at radius 2 is 1.67 bits per heavy atom. The minimum absolute atomic E-state index is 0.00141. The van der Waals surface area contributed by atoms with E-state index in [1.54, 1.807) is 11.1 Å². The highest BCUT2D eigenvalue weighted by molar-refractivity contribution is 7.14. The zero-order chi connectivity index (χ0) is 21.3. The second-order valence-electron chi connectivity index (χ2n) is 8.76. The molecule has 0 N–H and O–H groups in total. The van der Waals surface area contributed by atoms with E-state index in [9.17, 15) is 9.59 Å². The van der Waals surface area contributed by atoms with Gasteiger partial charge in [-0.1, -0.05) is 24.1 Å². The zero-order valence-corrected chi connectivity index (χ0v) is 18.2. The highest BCUT2D eigenvalue weighted by Gasteiger charge is 2.44. The quantitative estimate of drug-likeness (QED) is 0.659. The summed E-state index contributed by atoms with van der Waals surface area (Å²) in [6.45, 7) is 8.21. The lowest BCUT2D eigenvalue weighted by molar-refractivity contribution is 0.0275. The van der Waals surface area contributed by atoms with E-state index in [1.165, 1.54) is 11.3 Å². The van der Waals surface area contributed by atoms with E-state index < -0.39 is 5.60 Å². The fourth-order valence-corrected chi connectivity index (χ4v) is 4.61. The van der Waals surface area contributed by atoms with Crippen LogP contribution in [0.3, 0.4) is 0 Å². The summed E-state index contributed by atoms with van der Waals surface area (Å²) < 4.78 is 5.48. The van der Waals surface area contributed by atoms with Gasteiger partial charge in [-0.15, -0.1) is 11.3 Å². The lowest BCUT2D eigenvalue weighted by Gasteiger charge is -2.26. The summed E-state index contributed by atoms with van der Waals surface area (Å²) in [5, 5.41) is 0.637. The van der Waals surface area contributed by atoms with Crippen LogP contribution in [0.25, 0.3) is 0 Å². The molecule has 2 aliphatic rings. The molecule has 2 saturated heterocycles. The van der Waals surface area contributed by atoms with Crippen molar-refractivity contribution < 1.29 is 14.3 Å². The maximum Gasteiger partial charge on any atom is 0.410 e. The van der Waals surface area contributed by atoms with E-state index in [-0.39, 0.29) is 12.0 Å². The molecule has 30 heavy (non-hydrogen) atoms. The summed E-state index contributed by atoms with van der Waals surface area (Å²) in [7, 11) is 0. The van der Waals surface area contributed by atoms with Gasteiger partial charge in [-0.2, -0.15) is 0 Å². The van der Waals surface area contributed by atoms with Crippen LogP contribution in [-0.4, -0.2) is 58.6 Å². The van der Waals surface area contributed by atoms with Crippen molar-refractivity contribution in [3.05, 3.63) is 52.0 Å². The van der Waals surface area contributed by atoms with E-state index in [4.69, 9.17) is 4.74 Å². The van der Waals surface area contributed by atoms with Crippen LogP contribution < -0.4 is 0 Å². The number of carbonyl (C=O) groups is 2. The van der Waals surface area contributed by atoms with Crippen molar-refractivity contribution in [3.63, 3.8) is 0 Å². The summed E-state index contributed by atoms with van der Waals surface area (Å²) in [6, 6.07) is 9.71. The molecule has 0 spiro atoms. The number of benzene rings is 1. The predicted molar refractivity (Wildman–Crippen MR) is 115 cm³/mol. The van der Waals surface area contributed by atoms with Crippen molar-refractivity contribution >= 4 is 23.3 Å². The fraction of sp³-hybridized carbons (Fsp3) is 0.435. The summed E-state index contributed by atoms with van der Waals surface area (Å²) in [4.78, 5) is 33.8. The summed E-state index contributed by atoms with van der Waals surface area (Å²) in [5.41, 5.74) is 0.423. The number of ether oxygens (including phenoxy) is 1. The molecule has 6 nitrogen and oxygen atoms in total. The molecule has 2 atom stereocenters. The number of likely N-dealkylation sites (tertiary alicyclic amines) is 2. The molecule has 0 aliphatic carbocycles. The number of thiazole rings is 1. The Labute approximate surface area is 180 Å². The third-order valence-electron chi connectivity index (χ3n) is 5.23. The van der Waals surface area contributed by atoms with Crippen LogP contribution in [0.5, 0.6) is 0 Å². The Morgan fingerprint density at radius 1 is 1.03 bits per heavy atom. The van der Waals surface area contributed by atoms with Crippen molar-refractivity contribution in [2.75, 3.05) is 26.2 Å². The van der Waals surface area contributed by atoms with E-state index in [0.29, 0.717) is 47.9 Å². The maximum absolute atomic E-state index is 12.9. The molecule has 7 heteroatoms. The molecule has 2 unspecified atom stereocenters. The lowest BCUT2D eigenvalue weighted by Crippen LogP contribution is -2.38. The molecule has 0 bridgehead atoms. The first-order valence-electron chi connectivity index (χ1n) is 10.1. The lowest BCUT2D eigenvalue weighted by atomic mass is 10.0. The maximum atomic E-state index is 12.9. The van der Waals surface area contributed by atoms with Gasteiger partial charge in [-0.3, -0.25) is 4.79 Å². The summed E-state index contributed by atoms with van der Waals surface area (Å²) in [5.74, 6) is 6.70. The van der Waals surface area contributed by atoms with Gasteiger partial charge >= 0.3 is 6.09 Å². The largest absolute Gasteiger partial charge is 0.444 e. The zero-order valence-electron chi connectivity index (χ0n) is 17.4. The molecule has 2 fully saturated rings. The minimum atomic E-state index is -0.496. The number of hydrogen-bond acceptors (Lipinski definition) is 5. The monoisotopic (exact) mass is 423 g/mol. The Bertz CT molecular complexity index is 986. The van der Waals surface area contributed by atoms with Gasteiger partial charge in [-0.05, 0) is 38.8 Å². The SMILES string of the molecule is CC(C)(C)OC(=O)N1CC2CN(C(=O)c3cnc(C#Cc4ccccc4)s3)CC2C1. The van der Waals surface area contributed by atoms with Gasteiger partial charge in [0.1, 0.15) is 10.5 Å². The fourth-order valence-electron chi connectivity index (χ4n) is 3.87. The number of hydrogen-bond donors (Lipinski definition) is 0. The van der Waals surface area contributed by atoms with E-state index >= 15 is 0 Å². The van der Waals surface area contributed by atoms with Gasteiger partial charge in [-0.25, -0.2) is 9.78 Å². The van der Waals surface area contributed by atoms with E-state index in [0.717, 1.165) is 5.56 Å². The average Bonchev–Trinajstić information content (AvgIpc) is 3.40. The third kappa shape index (κ3) is 4.65. The number of nitrogens with zero attached hydrogens (tertiary/aromatic N) is 3. The topological polar surface area (TPSA) is 62.7 Å².